The van der Waals surface area contributed by atoms with E-state index in [1.165, 1.54) is 12.8 Å². The van der Waals surface area contributed by atoms with Gasteiger partial charge in [-0.05, 0) is 44.7 Å². The van der Waals surface area contributed by atoms with Crippen molar-refractivity contribution >= 4 is 10.0 Å². The van der Waals surface area contributed by atoms with Crippen molar-refractivity contribution in [1.29, 1.82) is 0 Å². The van der Waals surface area contributed by atoms with Gasteiger partial charge in [0.25, 0.3) is 0 Å². The summed E-state index contributed by atoms with van der Waals surface area (Å²) in [6, 6.07) is 8.07. The lowest BCUT2D eigenvalue weighted by Crippen LogP contribution is -2.47. The van der Waals surface area contributed by atoms with Gasteiger partial charge in [-0.3, -0.25) is 0 Å². The Labute approximate surface area is 114 Å². The summed E-state index contributed by atoms with van der Waals surface area (Å²) in [7, 11) is -3.37. The van der Waals surface area contributed by atoms with Crippen LogP contribution in [0.25, 0.3) is 0 Å². The van der Waals surface area contributed by atoms with E-state index < -0.39 is 10.0 Å². The number of hydrogen-bond donors (Lipinski definition) is 2. The van der Waals surface area contributed by atoms with Gasteiger partial charge in [-0.2, -0.15) is 0 Å². The maximum atomic E-state index is 12.3. The van der Waals surface area contributed by atoms with Gasteiger partial charge in [-0.1, -0.05) is 17.7 Å². The highest BCUT2D eigenvalue weighted by Crippen LogP contribution is 2.27. The number of rotatable bonds is 3. The lowest BCUT2D eigenvalue weighted by Gasteiger charge is -2.29. The smallest absolute Gasteiger partial charge is 0.240 e. The average molecular weight is 280 g/mol. The largest absolute Gasteiger partial charge is 0.311 e. The lowest BCUT2D eigenvalue weighted by atomic mass is 10.0. The number of sulfonamides is 1. The first-order valence-corrected chi connectivity index (χ1v) is 8.36. The number of benzene rings is 1. The fourth-order valence-electron chi connectivity index (χ4n) is 3.16. The molecular formula is C14H20N2O2S. The highest BCUT2D eigenvalue weighted by atomic mass is 32.2. The average Bonchev–Trinajstić information content (AvgIpc) is 2.69. The predicted octanol–water partition coefficient (Wildman–Crippen LogP) is 1.56. The van der Waals surface area contributed by atoms with E-state index in [9.17, 15) is 8.42 Å². The summed E-state index contributed by atoms with van der Waals surface area (Å²) in [5, 5.41) is 3.52. The molecule has 5 heteroatoms. The Balaban J connectivity index is 1.73. The lowest BCUT2D eigenvalue weighted by molar-refractivity contribution is 0.345. The minimum absolute atomic E-state index is 0.0741. The van der Waals surface area contributed by atoms with Crippen molar-refractivity contribution in [2.24, 2.45) is 0 Å². The zero-order valence-corrected chi connectivity index (χ0v) is 11.9. The van der Waals surface area contributed by atoms with Crippen LogP contribution in [0.5, 0.6) is 0 Å². The fourth-order valence-corrected chi connectivity index (χ4v) is 4.42. The van der Waals surface area contributed by atoms with E-state index in [2.05, 4.69) is 10.0 Å². The van der Waals surface area contributed by atoms with Crippen molar-refractivity contribution in [1.82, 2.24) is 10.0 Å². The second-order valence-corrected chi connectivity index (χ2v) is 7.45. The Kier molecular flexibility index (Phi) is 3.37. The van der Waals surface area contributed by atoms with Crippen molar-refractivity contribution in [3.63, 3.8) is 0 Å². The first-order chi connectivity index (χ1) is 9.03. The molecule has 2 saturated heterocycles. The summed E-state index contributed by atoms with van der Waals surface area (Å²) >= 11 is 0. The minimum Gasteiger partial charge on any atom is -0.311 e. The standard InChI is InChI=1S/C14H20N2O2S/c1-10-2-6-14(7-3-10)19(17,18)16-13-8-11-4-5-12(9-13)15-11/h2-3,6-7,11-13,15-16H,4-5,8-9H2,1H3. The Bertz CT molecular complexity index is 541. The van der Waals surface area contributed by atoms with Crippen LogP contribution in [0.2, 0.25) is 0 Å². The second-order valence-electron chi connectivity index (χ2n) is 5.74. The van der Waals surface area contributed by atoms with Crippen LogP contribution in [0.1, 0.15) is 31.2 Å². The van der Waals surface area contributed by atoms with Crippen LogP contribution in [-0.4, -0.2) is 26.5 Å². The van der Waals surface area contributed by atoms with E-state index in [1.54, 1.807) is 12.1 Å². The van der Waals surface area contributed by atoms with E-state index in [0.717, 1.165) is 18.4 Å². The summed E-state index contributed by atoms with van der Waals surface area (Å²) in [5.74, 6) is 0. The van der Waals surface area contributed by atoms with Crippen LogP contribution < -0.4 is 10.0 Å². The van der Waals surface area contributed by atoms with Gasteiger partial charge in [0.2, 0.25) is 10.0 Å². The van der Waals surface area contributed by atoms with E-state index in [-0.39, 0.29) is 6.04 Å². The van der Waals surface area contributed by atoms with Crippen molar-refractivity contribution < 1.29 is 8.42 Å². The molecule has 2 N–H and O–H groups in total. The van der Waals surface area contributed by atoms with Crippen LogP contribution in [0, 0.1) is 6.92 Å². The molecule has 104 valence electrons. The van der Waals surface area contributed by atoms with Crippen LogP contribution >= 0.6 is 0 Å². The third-order valence-corrected chi connectivity index (χ3v) is 5.66. The van der Waals surface area contributed by atoms with Crippen molar-refractivity contribution in [3.05, 3.63) is 29.8 Å². The molecule has 0 saturated carbocycles. The topological polar surface area (TPSA) is 58.2 Å². The molecule has 3 rings (SSSR count). The van der Waals surface area contributed by atoms with Crippen LogP contribution in [0.15, 0.2) is 29.2 Å². The molecule has 0 radical (unpaired) electrons. The maximum absolute atomic E-state index is 12.3. The Morgan fingerprint density at radius 2 is 1.68 bits per heavy atom. The highest BCUT2D eigenvalue weighted by molar-refractivity contribution is 7.89. The number of aryl methyl sites for hydroxylation is 1. The third-order valence-electron chi connectivity index (χ3n) is 4.13. The van der Waals surface area contributed by atoms with Gasteiger partial charge >= 0.3 is 0 Å². The molecule has 2 aliphatic heterocycles. The molecule has 0 spiro atoms. The Morgan fingerprint density at radius 1 is 1.11 bits per heavy atom. The van der Waals surface area contributed by atoms with Crippen LogP contribution in [0.3, 0.4) is 0 Å². The molecule has 2 atom stereocenters. The summed E-state index contributed by atoms with van der Waals surface area (Å²) < 4.78 is 27.5. The fraction of sp³-hybridized carbons (Fsp3) is 0.571. The SMILES string of the molecule is Cc1ccc(S(=O)(=O)NC2CC3CCC(C2)N3)cc1. The summed E-state index contributed by atoms with van der Waals surface area (Å²) in [6.07, 6.45) is 4.16. The molecule has 1 aromatic carbocycles. The number of hydrogen-bond acceptors (Lipinski definition) is 3. The molecule has 2 fully saturated rings. The molecule has 0 amide bonds. The quantitative estimate of drug-likeness (QED) is 0.883. The van der Waals surface area contributed by atoms with E-state index in [0.29, 0.717) is 17.0 Å². The van der Waals surface area contributed by atoms with Crippen molar-refractivity contribution in [3.8, 4) is 0 Å². The normalized spacial score (nSPS) is 30.5. The zero-order chi connectivity index (χ0) is 13.5. The molecule has 2 aliphatic rings. The van der Waals surface area contributed by atoms with Gasteiger partial charge in [-0.15, -0.1) is 0 Å². The summed E-state index contributed by atoms with van der Waals surface area (Å²) in [6.45, 7) is 1.95. The van der Waals surface area contributed by atoms with Crippen molar-refractivity contribution in [2.75, 3.05) is 0 Å². The zero-order valence-electron chi connectivity index (χ0n) is 11.1. The first-order valence-electron chi connectivity index (χ1n) is 6.88. The molecule has 4 nitrogen and oxygen atoms in total. The van der Waals surface area contributed by atoms with Gasteiger partial charge in [0.05, 0.1) is 4.90 Å². The molecule has 2 bridgehead atoms. The Hall–Kier alpha value is -0.910. The molecule has 2 unspecified atom stereocenters. The number of fused-ring (bicyclic) bond motifs is 2. The van der Waals surface area contributed by atoms with Gasteiger partial charge in [-0.25, -0.2) is 13.1 Å². The minimum atomic E-state index is -3.37. The first kappa shape index (κ1) is 13.1. The molecule has 0 aromatic heterocycles. The maximum Gasteiger partial charge on any atom is 0.240 e. The van der Waals surface area contributed by atoms with Gasteiger partial charge in [0.1, 0.15) is 0 Å². The van der Waals surface area contributed by atoms with E-state index >= 15 is 0 Å². The molecule has 1 aromatic rings. The third kappa shape index (κ3) is 2.83. The number of nitrogens with one attached hydrogen (secondary N) is 2. The van der Waals surface area contributed by atoms with Gasteiger partial charge < -0.3 is 5.32 Å². The van der Waals surface area contributed by atoms with E-state index in [1.807, 2.05) is 19.1 Å². The van der Waals surface area contributed by atoms with Gasteiger partial charge in [0.15, 0.2) is 0 Å². The van der Waals surface area contributed by atoms with E-state index in [4.69, 9.17) is 0 Å². The summed E-state index contributed by atoms with van der Waals surface area (Å²) in [4.78, 5) is 0.365. The van der Waals surface area contributed by atoms with Gasteiger partial charge in [0, 0.05) is 18.1 Å². The predicted molar refractivity (Wildman–Crippen MR) is 74.5 cm³/mol. The van der Waals surface area contributed by atoms with Crippen LogP contribution in [-0.2, 0) is 10.0 Å². The second kappa shape index (κ2) is 4.89. The molecule has 0 aliphatic carbocycles. The van der Waals surface area contributed by atoms with Crippen LogP contribution in [0.4, 0.5) is 0 Å². The highest BCUT2D eigenvalue weighted by Gasteiger charge is 2.35. The molecule has 19 heavy (non-hydrogen) atoms. The molecular weight excluding hydrogens is 260 g/mol. The molecule has 2 heterocycles. The van der Waals surface area contributed by atoms with Crippen molar-refractivity contribution in [2.45, 2.75) is 55.6 Å². The number of piperidine rings is 1. The monoisotopic (exact) mass is 280 g/mol. The summed E-state index contributed by atoms with van der Waals surface area (Å²) in [5.41, 5.74) is 1.07. The Morgan fingerprint density at radius 3 is 2.26 bits per heavy atom.